The van der Waals surface area contributed by atoms with Crippen molar-refractivity contribution in [1.82, 2.24) is 4.98 Å². The highest BCUT2D eigenvalue weighted by Gasteiger charge is 2.10. The Hall–Kier alpha value is -1.23. The third-order valence-corrected chi connectivity index (χ3v) is 2.32. The van der Waals surface area contributed by atoms with Crippen molar-refractivity contribution >= 4 is 23.6 Å². The number of nitrogens with zero attached hydrogens (tertiary/aromatic N) is 1. The molecule has 1 heterocycles. The number of pyridine rings is 1. The maximum atomic E-state index is 10.9. The molecule has 1 amide bonds. The van der Waals surface area contributed by atoms with Crippen molar-refractivity contribution in [2.75, 3.05) is 12.4 Å². The largest absolute Gasteiger partial charge is 0.480 e. The first-order valence-corrected chi connectivity index (χ1v) is 5.57. The van der Waals surface area contributed by atoms with E-state index >= 15 is 0 Å². The van der Waals surface area contributed by atoms with Crippen LogP contribution in [-0.2, 0) is 6.42 Å². The third-order valence-electron chi connectivity index (χ3n) is 2.20. The molecule has 88 valence electrons. The number of ether oxygens (including phenoxy) is 1. The molecule has 4 nitrogen and oxygen atoms in total. The Morgan fingerprint density at radius 1 is 1.62 bits per heavy atom. The first-order valence-electron chi connectivity index (χ1n) is 5.13. The number of carbonyl (C=O) groups is 1. The van der Waals surface area contributed by atoms with Gasteiger partial charge in [-0.15, -0.1) is 0 Å². The number of rotatable bonds is 4. The molecule has 1 rings (SSSR count). The van der Waals surface area contributed by atoms with Gasteiger partial charge in [0.15, 0.2) is 0 Å². The molecule has 16 heavy (non-hydrogen) atoms. The molecule has 0 aliphatic carbocycles. The van der Waals surface area contributed by atoms with Crippen LogP contribution in [0.25, 0.3) is 0 Å². The fourth-order valence-corrected chi connectivity index (χ4v) is 1.60. The van der Waals surface area contributed by atoms with Crippen LogP contribution in [0.1, 0.15) is 24.6 Å². The molecule has 1 N–H and O–H groups in total. The average molecular weight is 240 g/mol. The average Bonchev–Trinajstić information content (AvgIpc) is 2.21. The minimum atomic E-state index is -0.428. The smallest absolute Gasteiger partial charge is 0.280 e. The van der Waals surface area contributed by atoms with Gasteiger partial charge in [-0.3, -0.25) is 4.79 Å². The van der Waals surface area contributed by atoms with E-state index in [9.17, 15) is 4.79 Å². The molecule has 1 aromatic heterocycles. The Labute approximate surface area is 101 Å². The molecule has 0 atom stereocenters. The minimum Gasteiger partial charge on any atom is -0.480 e. The summed E-state index contributed by atoms with van der Waals surface area (Å²) < 4.78 is 5.13. The summed E-state index contributed by atoms with van der Waals surface area (Å²) in [6.07, 6.45) is 1.92. The Kier molecular flexibility index (Phi) is 4.61. The van der Waals surface area contributed by atoms with Gasteiger partial charge in [0, 0.05) is 5.69 Å². The second-order valence-electron chi connectivity index (χ2n) is 3.49. The quantitative estimate of drug-likeness (QED) is 0.796. The predicted octanol–water partition coefficient (Wildman–Crippen LogP) is 2.81. The van der Waals surface area contributed by atoms with E-state index in [-0.39, 0.29) is 0 Å². The number of aryl methyl sites for hydroxylation is 2. The molecule has 0 aromatic carbocycles. The van der Waals surface area contributed by atoms with Crippen molar-refractivity contribution in [2.24, 2.45) is 0 Å². The Balaban J connectivity index is 3.10. The first-order chi connectivity index (χ1) is 7.58. The van der Waals surface area contributed by atoms with Crippen LogP contribution in [0.15, 0.2) is 6.07 Å². The van der Waals surface area contributed by atoms with Crippen LogP contribution in [-0.4, -0.2) is 17.3 Å². The highest BCUT2D eigenvalue weighted by atomic mass is 32.1. The van der Waals surface area contributed by atoms with Crippen LogP contribution in [0.5, 0.6) is 5.88 Å². The van der Waals surface area contributed by atoms with Crippen LogP contribution in [0, 0.1) is 6.92 Å². The zero-order chi connectivity index (χ0) is 12.1. The summed E-state index contributed by atoms with van der Waals surface area (Å²) in [5.41, 5.74) is 2.59. The lowest BCUT2D eigenvalue weighted by Gasteiger charge is -2.11. The number of hydrogen-bond acceptors (Lipinski definition) is 3. The maximum Gasteiger partial charge on any atom is 0.280 e. The molecular formula is C11H16N2O2S. The van der Waals surface area contributed by atoms with Crippen molar-refractivity contribution in [3.8, 4) is 5.88 Å². The van der Waals surface area contributed by atoms with E-state index in [0.29, 0.717) is 11.6 Å². The molecule has 1 aromatic rings. The van der Waals surface area contributed by atoms with Crippen molar-refractivity contribution in [1.29, 1.82) is 0 Å². The molecule has 0 bridgehead atoms. The summed E-state index contributed by atoms with van der Waals surface area (Å²) >= 11 is 3.66. The Morgan fingerprint density at radius 2 is 2.31 bits per heavy atom. The van der Waals surface area contributed by atoms with Crippen LogP contribution in [0.2, 0.25) is 0 Å². The van der Waals surface area contributed by atoms with Gasteiger partial charge in [-0.05, 0) is 25.0 Å². The number of carbonyl (C=O) groups excluding carboxylic acids is 1. The van der Waals surface area contributed by atoms with E-state index in [1.54, 1.807) is 0 Å². The molecule has 0 aliphatic rings. The molecule has 0 fully saturated rings. The van der Waals surface area contributed by atoms with Gasteiger partial charge >= 0.3 is 0 Å². The molecule has 0 radical (unpaired) electrons. The van der Waals surface area contributed by atoms with E-state index in [2.05, 4.69) is 29.9 Å². The second-order valence-corrected chi connectivity index (χ2v) is 3.90. The number of hydrogen-bond donors (Lipinski definition) is 2. The number of amides is 1. The first kappa shape index (κ1) is 12.8. The molecular weight excluding hydrogens is 224 g/mol. The zero-order valence-electron chi connectivity index (χ0n) is 9.70. The number of anilines is 1. The third kappa shape index (κ3) is 3.13. The summed E-state index contributed by atoms with van der Waals surface area (Å²) in [7, 11) is 1.53. The van der Waals surface area contributed by atoms with Gasteiger partial charge in [0.05, 0.1) is 7.11 Å². The summed E-state index contributed by atoms with van der Waals surface area (Å²) in [6.45, 7) is 4.06. The molecule has 0 saturated heterocycles. The normalized spacial score (nSPS) is 10.0. The van der Waals surface area contributed by atoms with Gasteiger partial charge in [-0.1, -0.05) is 26.0 Å². The van der Waals surface area contributed by atoms with Crippen LogP contribution in [0.3, 0.4) is 0 Å². The van der Waals surface area contributed by atoms with E-state index in [1.807, 2.05) is 13.0 Å². The monoisotopic (exact) mass is 240 g/mol. The summed E-state index contributed by atoms with van der Waals surface area (Å²) in [4.78, 5) is 15.2. The van der Waals surface area contributed by atoms with Crippen molar-refractivity contribution in [2.45, 2.75) is 26.7 Å². The summed E-state index contributed by atoms with van der Waals surface area (Å²) in [5.74, 6) is 0.427. The van der Waals surface area contributed by atoms with E-state index < -0.39 is 5.24 Å². The number of aromatic nitrogens is 1. The molecule has 5 heteroatoms. The summed E-state index contributed by atoms with van der Waals surface area (Å²) in [6, 6.07) is 1.85. The molecule has 0 unspecified atom stereocenters. The van der Waals surface area contributed by atoms with Crippen LogP contribution >= 0.6 is 12.6 Å². The second kappa shape index (κ2) is 5.75. The van der Waals surface area contributed by atoms with Crippen molar-refractivity contribution in [3.63, 3.8) is 0 Å². The fourth-order valence-electron chi connectivity index (χ4n) is 1.48. The van der Waals surface area contributed by atoms with Gasteiger partial charge in [-0.2, -0.15) is 0 Å². The highest BCUT2D eigenvalue weighted by molar-refractivity contribution is 7.96. The van der Waals surface area contributed by atoms with Crippen LogP contribution < -0.4 is 10.1 Å². The lowest BCUT2D eigenvalue weighted by Crippen LogP contribution is -2.07. The zero-order valence-corrected chi connectivity index (χ0v) is 10.6. The Bertz CT molecular complexity index is 394. The standard InChI is InChI=1S/C11H16N2O2S/c1-4-5-8-7(2)6-9(13-11(14)16)10(12-8)15-3/h6H,4-5H2,1-3H3,(H2,13,14,16). The lowest BCUT2D eigenvalue weighted by atomic mass is 10.1. The van der Waals surface area contributed by atoms with E-state index in [0.717, 1.165) is 24.1 Å². The van der Waals surface area contributed by atoms with Gasteiger partial charge in [-0.25, -0.2) is 4.98 Å². The lowest BCUT2D eigenvalue weighted by molar-refractivity contribution is 0.270. The molecule has 0 spiro atoms. The van der Waals surface area contributed by atoms with Gasteiger partial charge in [0.25, 0.3) is 5.24 Å². The topological polar surface area (TPSA) is 51.2 Å². The fraction of sp³-hybridized carbons (Fsp3) is 0.455. The molecule has 0 saturated carbocycles. The SMILES string of the molecule is CCCc1nc(OC)c(NC(=O)S)cc1C. The van der Waals surface area contributed by atoms with Gasteiger partial charge < -0.3 is 10.1 Å². The number of nitrogens with one attached hydrogen (secondary N) is 1. The number of thiol groups is 1. The van der Waals surface area contributed by atoms with Crippen molar-refractivity contribution in [3.05, 3.63) is 17.3 Å². The van der Waals surface area contributed by atoms with Crippen molar-refractivity contribution < 1.29 is 9.53 Å². The minimum absolute atomic E-state index is 0.427. The summed E-state index contributed by atoms with van der Waals surface area (Å²) in [5, 5.41) is 2.14. The highest BCUT2D eigenvalue weighted by Crippen LogP contribution is 2.25. The van der Waals surface area contributed by atoms with Crippen LogP contribution in [0.4, 0.5) is 10.5 Å². The Morgan fingerprint density at radius 3 is 2.81 bits per heavy atom. The van der Waals surface area contributed by atoms with E-state index in [1.165, 1.54) is 7.11 Å². The molecule has 0 aliphatic heterocycles. The number of methoxy groups -OCH3 is 1. The van der Waals surface area contributed by atoms with Gasteiger partial charge in [0.1, 0.15) is 5.69 Å². The van der Waals surface area contributed by atoms with E-state index in [4.69, 9.17) is 4.74 Å². The maximum absolute atomic E-state index is 10.9. The predicted molar refractivity (Wildman–Crippen MR) is 67.5 cm³/mol. The van der Waals surface area contributed by atoms with Gasteiger partial charge in [0.2, 0.25) is 5.88 Å².